The van der Waals surface area contributed by atoms with Gasteiger partial charge in [-0.05, 0) is 29.8 Å². The molecular formula is C20H22FN3O2. The van der Waals surface area contributed by atoms with Crippen LogP contribution in [0.2, 0.25) is 0 Å². The third kappa shape index (κ3) is 3.70. The van der Waals surface area contributed by atoms with E-state index in [2.05, 4.69) is 10.3 Å². The molecule has 136 valence electrons. The SMILES string of the molecule is O=C(Cc1cccc(F)c1)N1C[C@@H]2[C@@H](CNc3ccccn3)CO[C@@H]2C1. The first kappa shape index (κ1) is 17.0. The third-order valence-corrected chi connectivity index (χ3v) is 5.25. The molecule has 0 spiro atoms. The van der Waals surface area contributed by atoms with Gasteiger partial charge < -0.3 is 15.0 Å². The van der Waals surface area contributed by atoms with Gasteiger partial charge in [-0.3, -0.25) is 4.79 Å². The van der Waals surface area contributed by atoms with Gasteiger partial charge in [0, 0.05) is 37.7 Å². The lowest BCUT2D eigenvalue weighted by atomic mass is 9.93. The number of carbonyl (C=O) groups is 1. The Balaban J connectivity index is 1.33. The zero-order valence-corrected chi connectivity index (χ0v) is 14.5. The van der Waals surface area contributed by atoms with E-state index in [0.717, 1.165) is 12.4 Å². The predicted octanol–water partition coefficient (Wildman–Crippen LogP) is 2.35. The Morgan fingerprint density at radius 1 is 1.27 bits per heavy atom. The van der Waals surface area contributed by atoms with E-state index < -0.39 is 0 Å². The summed E-state index contributed by atoms with van der Waals surface area (Å²) in [5, 5.41) is 3.35. The van der Waals surface area contributed by atoms with Gasteiger partial charge >= 0.3 is 0 Å². The van der Waals surface area contributed by atoms with Gasteiger partial charge in [0.1, 0.15) is 11.6 Å². The summed E-state index contributed by atoms with van der Waals surface area (Å²) in [4.78, 5) is 18.7. The number of fused-ring (bicyclic) bond motifs is 1. The molecule has 0 unspecified atom stereocenters. The topological polar surface area (TPSA) is 54.5 Å². The van der Waals surface area contributed by atoms with E-state index in [4.69, 9.17) is 4.74 Å². The molecule has 1 aromatic heterocycles. The lowest BCUT2D eigenvalue weighted by molar-refractivity contribution is -0.130. The molecular weight excluding hydrogens is 333 g/mol. The second-order valence-electron chi connectivity index (χ2n) is 7.00. The van der Waals surface area contributed by atoms with Crippen LogP contribution in [0.5, 0.6) is 0 Å². The Labute approximate surface area is 152 Å². The number of hydrogen-bond donors (Lipinski definition) is 1. The number of halogens is 1. The fourth-order valence-corrected chi connectivity index (χ4v) is 3.85. The van der Waals surface area contributed by atoms with Gasteiger partial charge in [-0.15, -0.1) is 0 Å². The molecule has 3 atom stereocenters. The van der Waals surface area contributed by atoms with E-state index in [1.54, 1.807) is 18.3 Å². The highest BCUT2D eigenvalue weighted by Crippen LogP contribution is 2.34. The van der Waals surface area contributed by atoms with E-state index in [-0.39, 0.29) is 24.2 Å². The van der Waals surface area contributed by atoms with Crippen molar-refractivity contribution in [1.29, 1.82) is 0 Å². The number of nitrogens with one attached hydrogen (secondary N) is 1. The van der Waals surface area contributed by atoms with Crippen LogP contribution in [-0.4, -0.2) is 48.1 Å². The first-order valence-electron chi connectivity index (χ1n) is 8.98. The molecule has 2 saturated heterocycles. The standard InChI is InChI=1S/C20H22FN3O2/c21-16-5-3-4-14(8-16)9-20(25)24-11-17-15(13-26-18(17)12-24)10-23-19-6-1-2-7-22-19/h1-8,15,17-18H,9-13H2,(H,22,23)/t15-,17+,18+/m0/s1. The number of rotatable bonds is 5. The largest absolute Gasteiger partial charge is 0.376 e. The average Bonchev–Trinajstić information content (AvgIpc) is 3.22. The number of benzene rings is 1. The fraction of sp³-hybridized carbons (Fsp3) is 0.400. The Kier molecular flexibility index (Phi) is 4.84. The summed E-state index contributed by atoms with van der Waals surface area (Å²) in [5.41, 5.74) is 0.710. The van der Waals surface area contributed by atoms with E-state index in [1.807, 2.05) is 23.1 Å². The first-order valence-corrected chi connectivity index (χ1v) is 8.98. The van der Waals surface area contributed by atoms with E-state index >= 15 is 0 Å². The van der Waals surface area contributed by atoms with Crippen molar-refractivity contribution < 1.29 is 13.9 Å². The van der Waals surface area contributed by atoms with Crippen molar-refractivity contribution in [3.8, 4) is 0 Å². The molecule has 1 N–H and O–H groups in total. The van der Waals surface area contributed by atoms with Crippen LogP contribution in [0.3, 0.4) is 0 Å². The molecule has 4 rings (SSSR count). The van der Waals surface area contributed by atoms with E-state index in [0.29, 0.717) is 37.1 Å². The fourth-order valence-electron chi connectivity index (χ4n) is 3.85. The summed E-state index contributed by atoms with van der Waals surface area (Å²) in [6, 6.07) is 12.0. The number of ether oxygens (including phenoxy) is 1. The van der Waals surface area contributed by atoms with Crippen molar-refractivity contribution in [2.75, 3.05) is 31.6 Å². The van der Waals surface area contributed by atoms with Gasteiger partial charge in [-0.1, -0.05) is 18.2 Å². The smallest absolute Gasteiger partial charge is 0.227 e. The minimum Gasteiger partial charge on any atom is -0.376 e. The normalized spacial score (nSPS) is 24.5. The molecule has 2 aliphatic rings. The van der Waals surface area contributed by atoms with Gasteiger partial charge in [0.05, 0.1) is 19.1 Å². The van der Waals surface area contributed by atoms with Gasteiger partial charge in [-0.25, -0.2) is 9.37 Å². The average molecular weight is 355 g/mol. The molecule has 0 bridgehead atoms. The molecule has 5 nitrogen and oxygen atoms in total. The van der Waals surface area contributed by atoms with Crippen molar-refractivity contribution in [2.24, 2.45) is 11.8 Å². The summed E-state index contributed by atoms with van der Waals surface area (Å²) in [7, 11) is 0. The maximum Gasteiger partial charge on any atom is 0.227 e. The summed E-state index contributed by atoms with van der Waals surface area (Å²) < 4.78 is 19.2. The number of hydrogen-bond acceptors (Lipinski definition) is 4. The molecule has 1 aromatic carbocycles. The van der Waals surface area contributed by atoms with Crippen molar-refractivity contribution in [3.05, 3.63) is 60.0 Å². The monoisotopic (exact) mass is 355 g/mol. The molecule has 3 heterocycles. The van der Waals surface area contributed by atoms with Crippen LogP contribution in [0.15, 0.2) is 48.7 Å². The van der Waals surface area contributed by atoms with Gasteiger partial charge in [-0.2, -0.15) is 0 Å². The van der Waals surface area contributed by atoms with Crippen LogP contribution in [0.1, 0.15) is 5.56 Å². The van der Waals surface area contributed by atoms with Crippen LogP contribution in [0.4, 0.5) is 10.2 Å². The van der Waals surface area contributed by atoms with Crippen molar-refractivity contribution in [3.63, 3.8) is 0 Å². The molecule has 6 heteroatoms. The molecule has 2 aromatic rings. The molecule has 1 amide bonds. The van der Waals surface area contributed by atoms with Gasteiger partial charge in [0.2, 0.25) is 5.91 Å². The van der Waals surface area contributed by atoms with Crippen LogP contribution in [-0.2, 0) is 16.0 Å². The summed E-state index contributed by atoms with van der Waals surface area (Å²) in [6.07, 6.45) is 2.09. The Hall–Kier alpha value is -2.47. The number of anilines is 1. The van der Waals surface area contributed by atoms with Crippen molar-refractivity contribution in [1.82, 2.24) is 9.88 Å². The molecule has 2 aliphatic heterocycles. The molecule has 0 radical (unpaired) electrons. The minimum absolute atomic E-state index is 0.0324. The lowest BCUT2D eigenvalue weighted by Gasteiger charge is -2.20. The van der Waals surface area contributed by atoms with Gasteiger partial charge in [0.25, 0.3) is 0 Å². The number of nitrogens with zero attached hydrogens (tertiary/aromatic N) is 2. The predicted molar refractivity (Wildman–Crippen MR) is 96.1 cm³/mol. The zero-order chi connectivity index (χ0) is 17.9. The number of pyridine rings is 1. The third-order valence-electron chi connectivity index (χ3n) is 5.25. The first-order chi connectivity index (χ1) is 12.7. The van der Waals surface area contributed by atoms with E-state index in [9.17, 15) is 9.18 Å². The summed E-state index contributed by atoms with van der Waals surface area (Å²) in [6.45, 7) is 2.82. The highest BCUT2D eigenvalue weighted by molar-refractivity contribution is 5.79. The maximum atomic E-state index is 13.3. The van der Waals surface area contributed by atoms with Gasteiger partial charge in [0.15, 0.2) is 0 Å². The number of aromatic nitrogens is 1. The molecule has 2 fully saturated rings. The maximum absolute atomic E-state index is 13.3. The van der Waals surface area contributed by atoms with Crippen LogP contribution < -0.4 is 5.32 Å². The molecule has 0 aliphatic carbocycles. The second kappa shape index (κ2) is 7.41. The Morgan fingerprint density at radius 3 is 3.00 bits per heavy atom. The number of likely N-dealkylation sites (tertiary alicyclic amines) is 1. The zero-order valence-electron chi connectivity index (χ0n) is 14.5. The van der Waals surface area contributed by atoms with Crippen LogP contribution in [0, 0.1) is 17.7 Å². The van der Waals surface area contributed by atoms with Crippen molar-refractivity contribution in [2.45, 2.75) is 12.5 Å². The molecule has 26 heavy (non-hydrogen) atoms. The highest BCUT2D eigenvalue weighted by Gasteiger charge is 2.44. The summed E-state index contributed by atoms with van der Waals surface area (Å²) in [5.74, 6) is 1.27. The van der Waals surface area contributed by atoms with Crippen LogP contribution in [0.25, 0.3) is 0 Å². The minimum atomic E-state index is -0.308. The molecule has 0 saturated carbocycles. The van der Waals surface area contributed by atoms with Crippen LogP contribution >= 0.6 is 0 Å². The number of carbonyl (C=O) groups excluding carboxylic acids is 1. The Bertz CT molecular complexity index is 771. The van der Waals surface area contributed by atoms with Crippen molar-refractivity contribution >= 4 is 11.7 Å². The highest BCUT2D eigenvalue weighted by atomic mass is 19.1. The summed E-state index contributed by atoms with van der Waals surface area (Å²) >= 11 is 0. The lowest BCUT2D eigenvalue weighted by Crippen LogP contribution is -2.33. The quantitative estimate of drug-likeness (QED) is 0.895. The van der Waals surface area contributed by atoms with E-state index in [1.165, 1.54) is 12.1 Å². The second-order valence-corrected chi connectivity index (χ2v) is 7.00. The number of amides is 1. The Morgan fingerprint density at radius 2 is 2.19 bits per heavy atom.